The van der Waals surface area contributed by atoms with Crippen LogP contribution in [0.15, 0.2) is 4.52 Å². The van der Waals surface area contributed by atoms with Crippen LogP contribution in [0.5, 0.6) is 0 Å². The minimum absolute atomic E-state index is 0.0549. The number of carbonyl (C=O) groups is 1. The van der Waals surface area contributed by atoms with E-state index in [1.54, 1.807) is 0 Å². The fourth-order valence-corrected chi connectivity index (χ4v) is 1.01. The molecule has 0 atom stereocenters. The van der Waals surface area contributed by atoms with Crippen LogP contribution in [-0.4, -0.2) is 47.5 Å². The molecule has 0 amide bonds. The predicted octanol–water partition coefficient (Wildman–Crippen LogP) is 0.495. The Balaban J connectivity index is 2.19. The number of alkyl halides is 2. The summed E-state index contributed by atoms with van der Waals surface area (Å²) in [5, 5.41) is 11.9. The van der Waals surface area contributed by atoms with E-state index in [4.69, 9.17) is 14.4 Å². The van der Waals surface area contributed by atoms with Gasteiger partial charge in [0.15, 0.2) is 5.82 Å². The van der Waals surface area contributed by atoms with Crippen LogP contribution in [0.1, 0.15) is 11.7 Å². The van der Waals surface area contributed by atoms with E-state index >= 15 is 0 Å². The van der Waals surface area contributed by atoms with Crippen molar-refractivity contribution in [1.29, 1.82) is 0 Å². The largest absolute Gasteiger partial charge is 0.480 e. The van der Waals surface area contributed by atoms with Crippen LogP contribution in [0, 0.1) is 0 Å². The molecule has 0 unspecified atom stereocenters. The first kappa shape index (κ1) is 14.5. The maximum absolute atomic E-state index is 11.7. The van der Waals surface area contributed by atoms with Gasteiger partial charge in [0.05, 0.1) is 6.61 Å². The Morgan fingerprint density at radius 3 is 2.89 bits per heavy atom. The standard InChI is InChI=1S/C9H12F2N2O5/c10-6(11)3-16-2-1-7-12-8(18-13-7)4-17-5-9(14)15/h6H,1-5H2,(H,14,15). The summed E-state index contributed by atoms with van der Waals surface area (Å²) >= 11 is 0. The Labute approximate surface area is 101 Å². The molecule has 1 aromatic heterocycles. The Hall–Kier alpha value is -1.61. The molecule has 9 heteroatoms. The number of rotatable bonds is 9. The molecule has 0 aliphatic heterocycles. The van der Waals surface area contributed by atoms with Crippen molar-refractivity contribution < 1.29 is 32.7 Å². The molecule has 0 aliphatic carbocycles. The molecule has 1 heterocycles. The monoisotopic (exact) mass is 266 g/mol. The predicted molar refractivity (Wildman–Crippen MR) is 52.1 cm³/mol. The maximum Gasteiger partial charge on any atom is 0.329 e. The van der Waals surface area contributed by atoms with Crippen molar-refractivity contribution in [3.8, 4) is 0 Å². The Morgan fingerprint density at radius 2 is 2.22 bits per heavy atom. The number of carboxylic acids is 1. The second-order valence-corrected chi connectivity index (χ2v) is 3.21. The summed E-state index contributed by atoms with van der Waals surface area (Å²) in [6, 6.07) is 0. The third-order valence-corrected chi connectivity index (χ3v) is 1.68. The Bertz CT molecular complexity index is 372. The first-order valence-corrected chi connectivity index (χ1v) is 5.05. The molecule has 102 valence electrons. The van der Waals surface area contributed by atoms with Gasteiger partial charge in [0.25, 0.3) is 12.3 Å². The van der Waals surface area contributed by atoms with Crippen molar-refractivity contribution in [2.75, 3.05) is 19.8 Å². The maximum atomic E-state index is 11.7. The molecule has 0 saturated carbocycles. The van der Waals surface area contributed by atoms with E-state index in [1.807, 2.05) is 0 Å². The number of aliphatic carboxylic acids is 1. The molecule has 0 fully saturated rings. The number of carboxylic acid groups (broad SMARTS) is 1. The van der Waals surface area contributed by atoms with Crippen molar-refractivity contribution in [2.24, 2.45) is 0 Å². The van der Waals surface area contributed by atoms with Crippen molar-refractivity contribution in [1.82, 2.24) is 10.1 Å². The van der Waals surface area contributed by atoms with Crippen LogP contribution < -0.4 is 0 Å². The third kappa shape index (κ3) is 6.21. The zero-order valence-electron chi connectivity index (χ0n) is 9.34. The summed E-state index contributed by atoms with van der Waals surface area (Å²) in [6.45, 7) is -1.15. The Kier molecular flexibility index (Phi) is 6.15. The quantitative estimate of drug-likeness (QED) is 0.650. The number of hydrogen-bond acceptors (Lipinski definition) is 6. The van der Waals surface area contributed by atoms with Crippen LogP contribution in [-0.2, 0) is 27.3 Å². The number of nitrogens with zero attached hydrogens (tertiary/aromatic N) is 2. The van der Waals surface area contributed by atoms with Crippen LogP contribution in [0.2, 0.25) is 0 Å². The highest BCUT2D eigenvalue weighted by atomic mass is 19.3. The van der Waals surface area contributed by atoms with E-state index in [2.05, 4.69) is 14.9 Å². The molecule has 18 heavy (non-hydrogen) atoms. The molecular formula is C9H12F2N2O5. The summed E-state index contributed by atoms with van der Waals surface area (Å²) in [6.07, 6.45) is -2.27. The normalized spacial score (nSPS) is 11.1. The van der Waals surface area contributed by atoms with Gasteiger partial charge in [-0.15, -0.1) is 0 Å². The molecule has 1 N–H and O–H groups in total. The fourth-order valence-electron chi connectivity index (χ4n) is 1.01. The van der Waals surface area contributed by atoms with Crippen LogP contribution in [0.3, 0.4) is 0 Å². The van der Waals surface area contributed by atoms with Gasteiger partial charge in [-0.1, -0.05) is 5.16 Å². The average molecular weight is 266 g/mol. The molecule has 0 spiro atoms. The van der Waals surface area contributed by atoms with E-state index in [1.165, 1.54) is 0 Å². The highest BCUT2D eigenvalue weighted by Crippen LogP contribution is 2.01. The molecule has 1 rings (SSSR count). The van der Waals surface area contributed by atoms with E-state index in [0.717, 1.165) is 0 Å². The second kappa shape index (κ2) is 7.67. The summed E-state index contributed by atoms with van der Waals surface area (Å²) < 4.78 is 37.6. The lowest BCUT2D eigenvalue weighted by Gasteiger charge is -1.99. The highest BCUT2D eigenvalue weighted by Gasteiger charge is 2.08. The smallest absolute Gasteiger partial charge is 0.329 e. The van der Waals surface area contributed by atoms with Crippen molar-refractivity contribution >= 4 is 5.97 Å². The minimum Gasteiger partial charge on any atom is -0.480 e. The van der Waals surface area contributed by atoms with Gasteiger partial charge in [-0.3, -0.25) is 0 Å². The molecule has 7 nitrogen and oxygen atoms in total. The van der Waals surface area contributed by atoms with E-state index in [-0.39, 0.29) is 31.3 Å². The SMILES string of the molecule is O=C(O)COCc1nc(CCOCC(F)F)no1. The number of aromatic nitrogens is 2. The molecule has 0 aliphatic rings. The van der Waals surface area contributed by atoms with Crippen molar-refractivity contribution in [2.45, 2.75) is 19.5 Å². The lowest BCUT2D eigenvalue weighted by molar-refractivity contribution is -0.142. The number of ether oxygens (including phenoxy) is 2. The molecular weight excluding hydrogens is 254 g/mol. The van der Waals surface area contributed by atoms with Gasteiger partial charge in [-0.25, -0.2) is 13.6 Å². The first-order chi connectivity index (χ1) is 8.58. The van der Waals surface area contributed by atoms with E-state index in [9.17, 15) is 13.6 Å². The van der Waals surface area contributed by atoms with Crippen molar-refractivity contribution in [3.63, 3.8) is 0 Å². The van der Waals surface area contributed by atoms with Gasteiger partial charge in [0.2, 0.25) is 0 Å². The minimum atomic E-state index is -2.50. The van der Waals surface area contributed by atoms with Gasteiger partial charge in [-0.05, 0) is 0 Å². The molecule has 0 saturated heterocycles. The van der Waals surface area contributed by atoms with Crippen LogP contribution >= 0.6 is 0 Å². The zero-order chi connectivity index (χ0) is 13.4. The number of hydrogen-bond donors (Lipinski definition) is 1. The molecule has 0 bridgehead atoms. The average Bonchev–Trinajstić information content (AvgIpc) is 2.72. The van der Waals surface area contributed by atoms with Crippen molar-refractivity contribution in [3.05, 3.63) is 11.7 Å². The third-order valence-electron chi connectivity index (χ3n) is 1.68. The van der Waals surface area contributed by atoms with Gasteiger partial charge in [0, 0.05) is 6.42 Å². The second-order valence-electron chi connectivity index (χ2n) is 3.21. The lowest BCUT2D eigenvalue weighted by atomic mass is 10.4. The molecule has 0 aromatic carbocycles. The summed E-state index contributed by atoms with van der Waals surface area (Å²) in [5.41, 5.74) is 0. The summed E-state index contributed by atoms with van der Waals surface area (Å²) in [7, 11) is 0. The first-order valence-electron chi connectivity index (χ1n) is 5.05. The zero-order valence-corrected chi connectivity index (χ0v) is 9.34. The summed E-state index contributed by atoms with van der Waals surface area (Å²) in [4.78, 5) is 14.0. The molecule has 0 radical (unpaired) electrons. The summed E-state index contributed by atoms with van der Waals surface area (Å²) in [5.74, 6) is -0.687. The van der Waals surface area contributed by atoms with Gasteiger partial charge < -0.3 is 19.1 Å². The van der Waals surface area contributed by atoms with E-state index in [0.29, 0.717) is 0 Å². The van der Waals surface area contributed by atoms with Gasteiger partial charge in [0.1, 0.15) is 19.8 Å². The van der Waals surface area contributed by atoms with E-state index < -0.39 is 25.6 Å². The lowest BCUT2D eigenvalue weighted by Crippen LogP contribution is -2.08. The van der Waals surface area contributed by atoms with Gasteiger partial charge >= 0.3 is 5.97 Å². The van der Waals surface area contributed by atoms with Crippen LogP contribution in [0.25, 0.3) is 0 Å². The Morgan fingerprint density at radius 1 is 1.44 bits per heavy atom. The van der Waals surface area contributed by atoms with Crippen LogP contribution in [0.4, 0.5) is 8.78 Å². The van der Waals surface area contributed by atoms with Gasteiger partial charge in [-0.2, -0.15) is 4.98 Å². The highest BCUT2D eigenvalue weighted by molar-refractivity contribution is 5.67. The number of halogens is 2. The topological polar surface area (TPSA) is 94.7 Å². The molecule has 1 aromatic rings. The fraction of sp³-hybridized carbons (Fsp3) is 0.667.